The third kappa shape index (κ3) is 4.98. The highest BCUT2D eigenvalue weighted by atomic mass is 16.4. The number of tetrazole rings is 1. The average molecular weight is 288 g/mol. The summed E-state index contributed by atoms with van der Waals surface area (Å²) < 4.78 is 1.77. The lowest BCUT2D eigenvalue weighted by Gasteiger charge is -2.04. The van der Waals surface area contributed by atoms with Crippen molar-refractivity contribution in [1.82, 2.24) is 20.2 Å². The van der Waals surface area contributed by atoms with E-state index in [2.05, 4.69) is 46.7 Å². The van der Waals surface area contributed by atoms with Crippen LogP contribution in [0.2, 0.25) is 0 Å². The molecular weight excluding hydrogens is 268 g/mol. The SMILES string of the molecule is Cc1ccc(CCc2nnnn2CCCCC(=O)O)cc1. The third-order valence-corrected chi connectivity index (χ3v) is 3.37. The van der Waals surface area contributed by atoms with Crippen LogP contribution in [0.3, 0.4) is 0 Å². The fourth-order valence-electron chi connectivity index (χ4n) is 2.12. The minimum Gasteiger partial charge on any atom is -0.481 e. The van der Waals surface area contributed by atoms with E-state index in [9.17, 15) is 4.79 Å². The molecule has 21 heavy (non-hydrogen) atoms. The number of benzene rings is 1. The van der Waals surface area contributed by atoms with E-state index in [0.29, 0.717) is 13.0 Å². The first kappa shape index (κ1) is 15.2. The van der Waals surface area contributed by atoms with Crippen molar-refractivity contribution >= 4 is 5.97 Å². The molecule has 0 atom stereocenters. The third-order valence-electron chi connectivity index (χ3n) is 3.37. The number of aromatic nitrogens is 4. The summed E-state index contributed by atoms with van der Waals surface area (Å²) in [5, 5.41) is 20.3. The van der Waals surface area contributed by atoms with Crippen molar-refractivity contribution < 1.29 is 9.90 Å². The van der Waals surface area contributed by atoms with Crippen molar-refractivity contribution in [2.45, 2.75) is 45.6 Å². The maximum atomic E-state index is 10.5. The van der Waals surface area contributed by atoms with E-state index in [4.69, 9.17) is 5.11 Å². The Hall–Kier alpha value is -2.24. The van der Waals surface area contributed by atoms with E-state index in [0.717, 1.165) is 25.1 Å². The maximum absolute atomic E-state index is 10.5. The van der Waals surface area contributed by atoms with Crippen LogP contribution in [-0.4, -0.2) is 31.3 Å². The summed E-state index contributed by atoms with van der Waals surface area (Å²) in [5.74, 6) is 0.0946. The second-order valence-electron chi connectivity index (χ2n) is 5.15. The minimum atomic E-state index is -0.758. The van der Waals surface area contributed by atoms with Crippen LogP contribution in [0.5, 0.6) is 0 Å². The first-order chi connectivity index (χ1) is 10.1. The Kier molecular flexibility index (Phi) is 5.43. The number of hydrogen-bond acceptors (Lipinski definition) is 4. The molecular formula is C15H20N4O2. The van der Waals surface area contributed by atoms with Crippen molar-refractivity contribution in [3.05, 3.63) is 41.2 Å². The van der Waals surface area contributed by atoms with Crippen LogP contribution < -0.4 is 0 Å². The monoisotopic (exact) mass is 288 g/mol. The predicted molar refractivity (Wildman–Crippen MR) is 77.9 cm³/mol. The summed E-state index contributed by atoms with van der Waals surface area (Å²) in [6.07, 6.45) is 3.30. The van der Waals surface area contributed by atoms with Crippen LogP contribution in [0.4, 0.5) is 0 Å². The van der Waals surface area contributed by atoms with E-state index in [-0.39, 0.29) is 6.42 Å². The molecule has 6 heteroatoms. The average Bonchev–Trinajstić information content (AvgIpc) is 2.90. The van der Waals surface area contributed by atoms with Crippen LogP contribution in [0.25, 0.3) is 0 Å². The molecule has 0 aliphatic carbocycles. The topological polar surface area (TPSA) is 80.9 Å². The second-order valence-corrected chi connectivity index (χ2v) is 5.15. The van der Waals surface area contributed by atoms with Gasteiger partial charge < -0.3 is 5.11 Å². The number of carboxylic acid groups (broad SMARTS) is 1. The first-order valence-corrected chi connectivity index (χ1v) is 7.17. The summed E-state index contributed by atoms with van der Waals surface area (Å²) in [6, 6.07) is 8.45. The number of unbranched alkanes of at least 4 members (excludes halogenated alkanes) is 1. The standard InChI is InChI=1S/C15H20N4O2/c1-12-5-7-13(8-6-12)9-10-14-16-17-18-19(14)11-3-2-4-15(20)21/h5-8H,2-4,9-11H2,1H3,(H,20,21). The second kappa shape index (κ2) is 7.52. The molecule has 112 valence electrons. The highest BCUT2D eigenvalue weighted by molar-refractivity contribution is 5.66. The van der Waals surface area contributed by atoms with Gasteiger partial charge in [0.05, 0.1) is 0 Å². The lowest BCUT2D eigenvalue weighted by Crippen LogP contribution is -2.08. The van der Waals surface area contributed by atoms with Gasteiger partial charge in [0.15, 0.2) is 5.82 Å². The van der Waals surface area contributed by atoms with E-state index < -0.39 is 5.97 Å². The number of carboxylic acids is 1. The number of aryl methyl sites for hydroxylation is 4. The molecule has 0 radical (unpaired) electrons. The summed E-state index contributed by atoms with van der Waals surface area (Å²) in [5.41, 5.74) is 2.52. The summed E-state index contributed by atoms with van der Waals surface area (Å²) in [7, 11) is 0. The molecule has 0 spiro atoms. The first-order valence-electron chi connectivity index (χ1n) is 7.17. The minimum absolute atomic E-state index is 0.195. The van der Waals surface area contributed by atoms with Gasteiger partial charge in [-0.2, -0.15) is 0 Å². The Labute approximate surface area is 123 Å². The normalized spacial score (nSPS) is 10.7. The van der Waals surface area contributed by atoms with Crippen molar-refractivity contribution in [2.24, 2.45) is 0 Å². The van der Waals surface area contributed by atoms with Gasteiger partial charge in [-0.05, 0) is 42.2 Å². The zero-order valence-corrected chi connectivity index (χ0v) is 12.2. The van der Waals surface area contributed by atoms with E-state index in [1.54, 1.807) is 4.68 Å². The van der Waals surface area contributed by atoms with E-state index in [1.165, 1.54) is 11.1 Å². The van der Waals surface area contributed by atoms with Crippen molar-refractivity contribution in [3.63, 3.8) is 0 Å². The zero-order valence-electron chi connectivity index (χ0n) is 12.2. The lowest BCUT2D eigenvalue weighted by atomic mass is 10.1. The van der Waals surface area contributed by atoms with Gasteiger partial charge in [-0.1, -0.05) is 29.8 Å². The molecule has 1 N–H and O–H groups in total. The van der Waals surface area contributed by atoms with Crippen LogP contribution in [-0.2, 0) is 24.2 Å². The van der Waals surface area contributed by atoms with Gasteiger partial charge in [0.2, 0.25) is 0 Å². The number of carbonyl (C=O) groups is 1. The molecule has 2 rings (SSSR count). The van der Waals surface area contributed by atoms with E-state index in [1.807, 2.05) is 0 Å². The van der Waals surface area contributed by atoms with Crippen LogP contribution in [0.15, 0.2) is 24.3 Å². The molecule has 6 nitrogen and oxygen atoms in total. The highest BCUT2D eigenvalue weighted by Crippen LogP contribution is 2.08. The Morgan fingerprint density at radius 3 is 2.67 bits per heavy atom. The maximum Gasteiger partial charge on any atom is 0.303 e. The smallest absolute Gasteiger partial charge is 0.303 e. The molecule has 0 aliphatic heterocycles. The van der Waals surface area contributed by atoms with Gasteiger partial charge in [0.1, 0.15) is 0 Å². The van der Waals surface area contributed by atoms with Crippen molar-refractivity contribution in [1.29, 1.82) is 0 Å². The Balaban J connectivity index is 1.82. The molecule has 0 fully saturated rings. The molecule has 2 aromatic rings. The van der Waals surface area contributed by atoms with Gasteiger partial charge in [-0.25, -0.2) is 4.68 Å². The van der Waals surface area contributed by atoms with Crippen LogP contribution >= 0.6 is 0 Å². The van der Waals surface area contributed by atoms with Gasteiger partial charge in [0, 0.05) is 19.4 Å². The van der Waals surface area contributed by atoms with Crippen molar-refractivity contribution in [2.75, 3.05) is 0 Å². The Bertz CT molecular complexity index is 578. The summed E-state index contributed by atoms with van der Waals surface area (Å²) in [4.78, 5) is 10.5. The van der Waals surface area contributed by atoms with E-state index >= 15 is 0 Å². The van der Waals surface area contributed by atoms with Gasteiger partial charge in [-0.3, -0.25) is 4.79 Å². The summed E-state index contributed by atoms with van der Waals surface area (Å²) in [6.45, 7) is 2.74. The molecule has 0 saturated heterocycles. The molecule has 0 unspecified atom stereocenters. The Morgan fingerprint density at radius 1 is 1.19 bits per heavy atom. The van der Waals surface area contributed by atoms with Crippen molar-refractivity contribution in [3.8, 4) is 0 Å². The molecule has 0 bridgehead atoms. The predicted octanol–water partition coefficient (Wildman–Crippen LogP) is 2.02. The van der Waals surface area contributed by atoms with Gasteiger partial charge >= 0.3 is 5.97 Å². The number of nitrogens with zero attached hydrogens (tertiary/aromatic N) is 4. The Morgan fingerprint density at radius 2 is 1.95 bits per heavy atom. The molecule has 0 amide bonds. The lowest BCUT2D eigenvalue weighted by molar-refractivity contribution is -0.137. The summed E-state index contributed by atoms with van der Waals surface area (Å²) >= 11 is 0. The molecule has 1 aromatic carbocycles. The number of aliphatic carboxylic acids is 1. The van der Waals surface area contributed by atoms with Crippen LogP contribution in [0.1, 0.15) is 36.2 Å². The van der Waals surface area contributed by atoms with Gasteiger partial charge in [0.25, 0.3) is 0 Å². The molecule has 1 heterocycles. The largest absolute Gasteiger partial charge is 0.481 e. The number of hydrogen-bond donors (Lipinski definition) is 1. The molecule has 0 saturated carbocycles. The quantitative estimate of drug-likeness (QED) is 0.752. The van der Waals surface area contributed by atoms with Crippen LogP contribution in [0, 0.1) is 6.92 Å². The number of rotatable bonds is 8. The molecule has 0 aliphatic rings. The fraction of sp³-hybridized carbons (Fsp3) is 0.467. The highest BCUT2D eigenvalue weighted by Gasteiger charge is 2.06. The fourth-order valence-corrected chi connectivity index (χ4v) is 2.12. The zero-order chi connectivity index (χ0) is 15.1. The van der Waals surface area contributed by atoms with Gasteiger partial charge in [-0.15, -0.1) is 5.10 Å². The molecule has 1 aromatic heterocycles.